The van der Waals surface area contributed by atoms with E-state index in [1.165, 1.54) is 15.8 Å². The largest absolute Gasteiger partial charge is 0.380 e. The Labute approximate surface area is 103 Å². The molecule has 0 aliphatic rings. The number of hydrogen-bond donors (Lipinski definition) is 1. The van der Waals surface area contributed by atoms with Crippen LogP contribution in [0.25, 0.3) is 0 Å². The molecule has 0 atom stereocenters. The van der Waals surface area contributed by atoms with Gasteiger partial charge in [0.25, 0.3) is 0 Å². The fourth-order valence-corrected chi connectivity index (χ4v) is 2.39. The molecule has 0 spiro atoms. The van der Waals surface area contributed by atoms with Gasteiger partial charge in [-0.15, -0.1) is 11.3 Å². The number of nitrogens with one attached hydrogen (secondary N) is 1. The molecule has 0 unspecified atom stereocenters. The summed E-state index contributed by atoms with van der Waals surface area (Å²) in [6, 6.07) is 8.81. The Balaban J connectivity index is 2.02. The molecule has 1 N–H and O–H groups in total. The van der Waals surface area contributed by atoms with E-state index >= 15 is 0 Å². The Morgan fingerprint density at radius 1 is 1.31 bits per heavy atom. The molecule has 0 fully saturated rings. The van der Waals surface area contributed by atoms with Crippen LogP contribution in [0, 0.1) is 12.7 Å². The van der Waals surface area contributed by atoms with E-state index in [9.17, 15) is 4.39 Å². The Kier molecular flexibility index (Phi) is 3.46. The van der Waals surface area contributed by atoms with Gasteiger partial charge in [-0.1, -0.05) is 11.6 Å². The van der Waals surface area contributed by atoms with Crippen LogP contribution in [0.5, 0.6) is 0 Å². The van der Waals surface area contributed by atoms with Crippen molar-refractivity contribution >= 4 is 28.6 Å². The summed E-state index contributed by atoms with van der Waals surface area (Å²) >= 11 is 7.43. The molecule has 0 bridgehead atoms. The van der Waals surface area contributed by atoms with Gasteiger partial charge >= 0.3 is 0 Å². The van der Waals surface area contributed by atoms with E-state index in [1.807, 2.05) is 0 Å². The number of aryl methyl sites for hydroxylation is 1. The zero-order valence-corrected chi connectivity index (χ0v) is 10.3. The minimum absolute atomic E-state index is 0.146. The first-order valence-electron chi connectivity index (χ1n) is 4.89. The number of benzene rings is 1. The van der Waals surface area contributed by atoms with Gasteiger partial charge in [-0.05, 0) is 37.3 Å². The summed E-state index contributed by atoms with van der Waals surface area (Å²) < 4.78 is 12.9. The van der Waals surface area contributed by atoms with Gasteiger partial charge in [0.2, 0.25) is 0 Å². The third-order valence-corrected chi connectivity index (χ3v) is 3.47. The number of rotatable bonds is 3. The summed E-state index contributed by atoms with van der Waals surface area (Å²) in [6.45, 7) is 2.81. The highest BCUT2D eigenvalue weighted by Crippen LogP contribution is 2.21. The van der Waals surface area contributed by atoms with E-state index < -0.39 is 0 Å². The van der Waals surface area contributed by atoms with Crippen molar-refractivity contribution in [1.29, 1.82) is 0 Å². The number of anilines is 1. The van der Waals surface area contributed by atoms with Crippen molar-refractivity contribution in [2.45, 2.75) is 13.5 Å². The quantitative estimate of drug-likeness (QED) is 0.854. The third kappa shape index (κ3) is 2.74. The SMILES string of the molecule is Cc1ccc(CNc2ccc(F)c(Cl)c2)s1. The smallest absolute Gasteiger partial charge is 0.141 e. The van der Waals surface area contributed by atoms with Gasteiger partial charge in [-0.25, -0.2) is 4.39 Å². The zero-order valence-electron chi connectivity index (χ0n) is 8.76. The standard InChI is InChI=1S/C12H11ClFNS/c1-8-2-4-10(16-8)7-15-9-3-5-12(14)11(13)6-9/h2-6,15H,7H2,1H3. The minimum Gasteiger partial charge on any atom is -0.380 e. The number of thiophene rings is 1. The van der Waals surface area contributed by atoms with Gasteiger partial charge in [0, 0.05) is 22.0 Å². The lowest BCUT2D eigenvalue weighted by Crippen LogP contribution is -1.97. The molecule has 2 aromatic rings. The Hall–Kier alpha value is -1.06. The van der Waals surface area contributed by atoms with Gasteiger partial charge < -0.3 is 5.32 Å². The first-order chi connectivity index (χ1) is 7.65. The topological polar surface area (TPSA) is 12.0 Å². The molecule has 0 saturated heterocycles. The predicted molar refractivity (Wildman–Crippen MR) is 67.8 cm³/mol. The summed E-state index contributed by atoms with van der Waals surface area (Å²) in [7, 11) is 0. The molecule has 0 aliphatic carbocycles. The van der Waals surface area contributed by atoms with Crippen LogP contribution in [0.3, 0.4) is 0 Å². The summed E-state index contributed by atoms with van der Waals surface area (Å²) in [6.07, 6.45) is 0. The second-order valence-electron chi connectivity index (χ2n) is 3.49. The minimum atomic E-state index is -0.390. The van der Waals surface area contributed by atoms with Crippen LogP contribution in [-0.4, -0.2) is 0 Å². The van der Waals surface area contributed by atoms with Crippen molar-refractivity contribution in [2.75, 3.05) is 5.32 Å². The van der Waals surface area contributed by atoms with Crippen LogP contribution >= 0.6 is 22.9 Å². The molecule has 1 aromatic carbocycles. The fraction of sp³-hybridized carbons (Fsp3) is 0.167. The van der Waals surface area contributed by atoms with Crippen molar-refractivity contribution in [2.24, 2.45) is 0 Å². The van der Waals surface area contributed by atoms with Crippen molar-refractivity contribution in [3.8, 4) is 0 Å². The van der Waals surface area contributed by atoms with Crippen LogP contribution in [0.2, 0.25) is 5.02 Å². The van der Waals surface area contributed by atoms with Crippen LogP contribution in [-0.2, 0) is 6.54 Å². The molecule has 1 heterocycles. The maximum absolute atomic E-state index is 12.9. The molecule has 0 saturated carbocycles. The average molecular weight is 256 g/mol. The average Bonchev–Trinajstić information content (AvgIpc) is 2.66. The van der Waals surface area contributed by atoms with Crippen LogP contribution in [0.4, 0.5) is 10.1 Å². The summed E-state index contributed by atoms with van der Waals surface area (Å²) in [5, 5.41) is 3.35. The van der Waals surface area contributed by atoms with Gasteiger partial charge in [0.1, 0.15) is 5.82 Å². The molecule has 16 heavy (non-hydrogen) atoms. The van der Waals surface area contributed by atoms with Gasteiger partial charge in [0.15, 0.2) is 0 Å². The normalized spacial score (nSPS) is 10.4. The summed E-state index contributed by atoms with van der Waals surface area (Å²) in [4.78, 5) is 2.53. The van der Waals surface area contributed by atoms with Crippen molar-refractivity contribution in [1.82, 2.24) is 0 Å². The maximum atomic E-state index is 12.9. The summed E-state index contributed by atoms with van der Waals surface area (Å²) in [5.41, 5.74) is 0.831. The monoisotopic (exact) mass is 255 g/mol. The summed E-state index contributed by atoms with van der Waals surface area (Å²) in [5.74, 6) is -0.390. The predicted octanol–water partition coefficient (Wildman–Crippen LogP) is 4.46. The molecule has 2 rings (SSSR count). The van der Waals surface area contributed by atoms with Gasteiger partial charge in [-0.3, -0.25) is 0 Å². The molecule has 1 aromatic heterocycles. The molecule has 4 heteroatoms. The van der Waals surface area contributed by atoms with E-state index in [1.54, 1.807) is 23.5 Å². The highest BCUT2D eigenvalue weighted by atomic mass is 35.5. The molecule has 0 aliphatic heterocycles. The van der Waals surface area contributed by atoms with Crippen molar-refractivity contribution in [3.05, 3.63) is 50.9 Å². The Morgan fingerprint density at radius 3 is 2.75 bits per heavy atom. The van der Waals surface area contributed by atoms with Crippen molar-refractivity contribution in [3.63, 3.8) is 0 Å². The van der Waals surface area contributed by atoms with Gasteiger partial charge in [-0.2, -0.15) is 0 Å². The van der Waals surface area contributed by atoms with E-state index in [2.05, 4.69) is 24.4 Å². The van der Waals surface area contributed by atoms with E-state index in [0.29, 0.717) is 0 Å². The lowest BCUT2D eigenvalue weighted by Gasteiger charge is -2.05. The Bertz CT molecular complexity index is 496. The highest BCUT2D eigenvalue weighted by Gasteiger charge is 2.01. The zero-order chi connectivity index (χ0) is 11.5. The maximum Gasteiger partial charge on any atom is 0.141 e. The molecule has 84 valence electrons. The van der Waals surface area contributed by atoms with Crippen LogP contribution in [0.1, 0.15) is 9.75 Å². The molecule has 1 nitrogen and oxygen atoms in total. The third-order valence-electron chi connectivity index (χ3n) is 2.18. The van der Waals surface area contributed by atoms with E-state index in [0.717, 1.165) is 12.2 Å². The van der Waals surface area contributed by atoms with Crippen LogP contribution in [0.15, 0.2) is 30.3 Å². The number of halogens is 2. The first kappa shape index (κ1) is 11.4. The second kappa shape index (κ2) is 4.85. The molecular formula is C12H11ClFNS. The lowest BCUT2D eigenvalue weighted by atomic mass is 10.3. The highest BCUT2D eigenvalue weighted by molar-refractivity contribution is 7.11. The molecule has 0 radical (unpaired) electrons. The van der Waals surface area contributed by atoms with Gasteiger partial charge in [0.05, 0.1) is 5.02 Å². The fourth-order valence-electron chi connectivity index (χ4n) is 1.38. The van der Waals surface area contributed by atoms with Crippen LogP contribution < -0.4 is 5.32 Å². The second-order valence-corrected chi connectivity index (χ2v) is 5.27. The number of hydrogen-bond acceptors (Lipinski definition) is 2. The molecule has 0 amide bonds. The van der Waals surface area contributed by atoms with Crippen molar-refractivity contribution < 1.29 is 4.39 Å². The van der Waals surface area contributed by atoms with E-state index in [-0.39, 0.29) is 10.8 Å². The van der Waals surface area contributed by atoms with E-state index in [4.69, 9.17) is 11.6 Å². The first-order valence-corrected chi connectivity index (χ1v) is 6.09. The molecular weight excluding hydrogens is 245 g/mol. The lowest BCUT2D eigenvalue weighted by molar-refractivity contribution is 0.628. The Morgan fingerprint density at radius 2 is 2.12 bits per heavy atom.